The molecule has 2 heterocycles. The van der Waals surface area contributed by atoms with Crippen molar-refractivity contribution in [1.82, 2.24) is 4.98 Å². The lowest BCUT2D eigenvalue weighted by Crippen LogP contribution is -1.99. The molecular formula is C10H12N2O2S. The van der Waals surface area contributed by atoms with E-state index in [9.17, 15) is 0 Å². The Kier molecular flexibility index (Phi) is 3.15. The lowest BCUT2D eigenvalue weighted by Gasteiger charge is -1.95. The number of hydrogen-bond acceptors (Lipinski definition) is 5. The molecule has 0 aliphatic carbocycles. The molecule has 0 aliphatic heterocycles. The number of thiazole rings is 1. The van der Waals surface area contributed by atoms with Crippen molar-refractivity contribution >= 4 is 11.3 Å². The predicted molar refractivity (Wildman–Crippen MR) is 58.4 cm³/mol. The number of methoxy groups -OCH3 is 1. The minimum Gasteiger partial charge on any atom is -0.472 e. The first-order valence-corrected chi connectivity index (χ1v) is 5.37. The summed E-state index contributed by atoms with van der Waals surface area (Å²) in [5.41, 5.74) is 7.54. The largest absolute Gasteiger partial charge is 0.472 e. The maximum atomic E-state index is 5.64. The van der Waals surface area contributed by atoms with Gasteiger partial charge in [0.2, 0.25) is 0 Å². The number of aromatic nitrogens is 1. The summed E-state index contributed by atoms with van der Waals surface area (Å²) in [6.07, 6.45) is 3.31. The lowest BCUT2D eigenvalue weighted by atomic mass is 10.3. The maximum Gasteiger partial charge on any atom is 0.127 e. The van der Waals surface area contributed by atoms with E-state index in [1.165, 1.54) is 0 Å². The molecule has 0 fully saturated rings. The Bertz CT molecular complexity index is 423. The van der Waals surface area contributed by atoms with Crippen LogP contribution in [0.3, 0.4) is 0 Å². The molecule has 15 heavy (non-hydrogen) atoms. The van der Waals surface area contributed by atoms with Crippen LogP contribution in [-0.2, 0) is 17.9 Å². The Morgan fingerprint density at radius 1 is 1.60 bits per heavy atom. The molecule has 0 spiro atoms. The normalized spacial score (nSPS) is 10.8. The van der Waals surface area contributed by atoms with Gasteiger partial charge in [0, 0.05) is 24.1 Å². The summed E-state index contributed by atoms with van der Waals surface area (Å²) in [4.78, 5) is 5.53. The fourth-order valence-electron chi connectivity index (χ4n) is 1.30. The quantitative estimate of drug-likeness (QED) is 0.863. The Morgan fingerprint density at radius 2 is 2.47 bits per heavy atom. The molecule has 0 saturated heterocycles. The summed E-state index contributed by atoms with van der Waals surface area (Å²) in [7, 11) is 1.65. The molecule has 0 radical (unpaired) electrons. The molecule has 0 aromatic carbocycles. The molecule has 2 N–H and O–H groups in total. The Labute approximate surface area is 91.7 Å². The summed E-state index contributed by atoms with van der Waals surface area (Å²) in [6, 6.07) is 1.88. The fourth-order valence-corrected chi connectivity index (χ4v) is 2.23. The highest BCUT2D eigenvalue weighted by Gasteiger charge is 2.11. The van der Waals surface area contributed by atoms with E-state index < -0.39 is 0 Å². The van der Waals surface area contributed by atoms with Crippen molar-refractivity contribution in [2.75, 3.05) is 7.11 Å². The minimum atomic E-state index is 0.494. The molecule has 0 bridgehead atoms. The van der Waals surface area contributed by atoms with E-state index in [2.05, 4.69) is 4.98 Å². The molecular weight excluding hydrogens is 212 g/mol. The summed E-state index contributed by atoms with van der Waals surface area (Å²) in [6.45, 7) is 0.995. The maximum absolute atomic E-state index is 5.64. The van der Waals surface area contributed by atoms with E-state index in [-0.39, 0.29) is 0 Å². The van der Waals surface area contributed by atoms with Crippen LogP contribution in [0.2, 0.25) is 0 Å². The van der Waals surface area contributed by atoms with Gasteiger partial charge in [0.15, 0.2) is 0 Å². The standard InChI is InChI=1S/C10H12N2O2S/c1-13-6-8-9(4-11)15-10(12-8)7-2-3-14-5-7/h2-3,5H,4,6,11H2,1H3. The van der Waals surface area contributed by atoms with Gasteiger partial charge in [-0.2, -0.15) is 0 Å². The van der Waals surface area contributed by atoms with Crippen molar-refractivity contribution < 1.29 is 9.15 Å². The predicted octanol–water partition coefficient (Wildman–Crippen LogP) is 2.01. The van der Waals surface area contributed by atoms with Gasteiger partial charge in [-0.15, -0.1) is 11.3 Å². The van der Waals surface area contributed by atoms with Crippen molar-refractivity contribution in [1.29, 1.82) is 0 Å². The van der Waals surface area contributed by atoms with Crippen molar-refractivity contribution in [3.05, 3.63) is 29.2 Å². The van der Waals surface area contributed by atoms with Crippen molar-refractivity contribution in [3.8, 4) is 10.6 Å². The highest BCUT2D eigenvalue weighted by molar-refractivity contribution is 7.15. The SMILES string of the molecule is COCc1nc(-c2ccoc2)sc1CN. The summed E-state index contributed by atoms with van der Waals surface area (Å²) in [5, 5.41) is 0.927. The molecule has 2 aromatic heterocycles. The second kappa shape index (κ2) is 4.57. The van der Waals surface area contributed by atoms with E-state index >= 15 is 0 Å². The van der Waals surface area contributed by atoms with Crippen LogP contribution in [0.4, 0.5) is 0 Å². The topological polar surface area (TPSA) is 61.3 Å². The third kappa shape index (κ3) is 2.09. The van der Waals surface area contributed by atoms with Crippen LogP contribution in [-0.4, -0.2) is 12.1 Å². The van der Waals surface area contributed by atoms with Crippen LogP contribution >= 0.6 is 11.3 Å². The van der Waals surface area contributed by atoms with Gasteiger partial charge < -0.3 is 14.9 Å². The van der Waals surface area contributed by atoms with Gasteiger partial charge in [0.1, 0.15) is 11.3 Å². The second-order valence-corrected chi connectivity index (χ2v) is 4.12. The van der Waals surface area contributed by atoms with Crippen LogP contribution in [0.15, 0.2) is 23.0 Å². The second-order valence-electron chi connectivity index (χ2n) is 3.04. The minimum absolute atomic E-state index is 0.494. The van der Waals surface area contributed by atoms with Crippen LogP contribution in [0, 0.1) is 0 Å². The average molecular weight is 224 g/mol. The zero-order valence-corrected chi connectivity index (χ0v) is 9.21. The molecule has 0 unspecified atom stereocenters. The Balaban J connectivity index is 2.34. The molecule has 0 amide bonds. The molecule has 0 atom stereocenters. The smallest absolute Gasteiger partial charge is 0.127 e. The number of hydrogen-bond donors (Lipinski definition) is 1. The van der Waals surface area contributed by atoms with Gasteiger partial charge in [0.05, 0.1) is 18.6 Å². The van der Waals surface area contributed by atoms with E-state index in [0.717, 1.165) is 21.1 Å². The molecule has 0 aliphatic rings. The zero-order chi connectivity index (χ0) is 10.7. The van der Waals surface area contributed by atoms with Crippen molar-refractivity contribution in [3.63, 3.8) is 0 Å². The van der Waals surface area contributed by atoms with Crippen molar-refractivity contribution in [2.24, 2.45) is 5.73 Å². The molecule has 4 nitrogen and oxygen atoms in total. The molecule has 2 rings (SSSR count). The molecule has 80 valence electrons. The monoisotopic (exact) mass is 224 g/mol. The first kappa shape index (κ1) is 10.4. The number of nitrogens with two attached hydrogens (primary N) is 1. The first-order chi connectivity index (χ1) is 7.35. The lowest BCUT2D eigenvalue weighted by molar-refractivity contribution is 0.181. The molecule has 5 heteroatoms. The van der Waals surface area contributed by atoms with Crippen LogP contribution < -0.4 is 5.73 Å². The first-order valence-electron chi connectivity index (χ1n) is 4.55. The summed E-state index contributed by atoms with van der Waals surface area (Å²) >= 11 is 1.58. The van der Waals surface area contributed by atoms with Gasteiger partial charge in [-0.05, 0) is 6.07 Å². The fraction of sp³-hybridized carbons (Fsp3) is 0.300. The third-order valence-corrected chi connectivity index (χ3v) is 3.18. The Hall–Kier alpha value is -1.17. The molecule has 2 aromatic rings. The average Bonchev–Trinajstić information content (AvgIpc) is 2.84. The van der Waals surface area contributed by atoms with Gasteiger partial charge in [-0.25, -0.2) is 4.98 Å². The van der Waals surface area contributed by atoms with Gasteiger partial charge in [-0.1, -0.05) is 0 Å². The summed E-state index contributed by atoms with van der Waals surface area (Å²) in [5.74, 6) is 0. The van der Waals surface area contributed by atoms with E-state index in [0.29, 0.717) is 13.2 Å². The summed E-state index contributed by atoms with van der Waals surface area (Å²) < 4.78 is 10.1. The number of nitrogens with zero attached hydrogens (tertiary/aromatic N) is 1. The van der Waals surface area contributed by atoms with Gasteiger partial charge in [0.25, 0.3) is 0 Å². The number of ether oxygens (including phenoxy) is 1. The Morgan fingerprint density at radius 3 is 3.07 bits per heavy atom. The van der Waals surface area contributed by atoms with Crippen LogP contribution in [0.25, 0.3) is 10.6 Å². The van der Waals surface area contributed by atoms with E-state index in [4.69, 9.17) is 14.9 Å². The molecule has 0 saturated carbocycles. The zero-order valence-electron chi connectivity index (χ0n) is 8.40. The van der Waals surface area contributed by atoms with E-state index in [1.54, 1.807) is 31.0 Å². The van der Waals surface area contributed by atoms with Gasteiger partial charge >= 0.3 is 0 Å². The van der Waals surface area contributed by atoms with E-state index in [1.807, 2.05) is 6.07 Å². The highest BCUT2D eigenvalue weighted by atomic mass is 32.1. The third-order valence-electron chi connectivity index (χ3n) is 2.01. The number of furan rings is 1. The highest BCUT2D eigenvalue weighted by Crippen LogP contribution is 2.28. The van der Waals surface area contributed by atoms with Crippen molar-refractivity contribution in [2.45, 2.75) is 13.2 Å². The van der Waals surface area contributed by atoms with Crippen LogP contribution in [0.1, 0.15) is 10.6 Å². The van der Waals surface area contributed by atoms with Crippen LogP contribution in [0.5, 0.6) is 0 Å². The number of rotatable bonds is 4. The van der Waals surface area contributed by atoms with Gasteiger partial charge in [-0.3, -0.25) is 0 Å².